The molecule has 0 saturated carbocycles. The van der Waals surface area contributed by atoms with E-state index in [4.69, 9.17) is 0 Å². The molecule has 0 aliphatic carbocycles. The molecule has 0 aromatic rings. The molecule has 0 aromatic carbocycles. The first-order valence-corrected chi connectivity index (χ1v) is 12.5. The molecule has 0 aliphatic rings. The molecule has 0 nitrogen and oxygen atoms in total. The number of hydrogen-bond acceptors (Lipinski definition) is 0. The van der Waals surface area contributed by atoms with Gasteiger partial charge in [-0.2, -0.15) is 0 Å². The van der Waals surface area contributed by atoms with E-state index in [1.165, 1.54) is 25.7 Å². The van der Waals surface area contributed by atoms with E-state index < -0.39 is 7.26 Å². The maximum absolute atomic E-state index is 2.41. The van der Waals surface area contributed by atoms with Gasteiger partial charge in [-0.3, -0.25) is 0 Å². The van der Waals surface area contributed by atoms with Gasteiger partial charge in [0.15, 0.2) is 0 Å². The molecule has 0 unspecified atom stereocenters. The van der Waals surface area contributed by atoms with Crippen molar-refractivity contribution in [2.24, 2.45) is 23.7 Å². The van der Waals surface area contributed by atoms with Crippen molar-refractivity contribution >= 4 is 7.26 Å². The second-order valence-corrected chi connectivity index (χ2v) is 14.2. The molecule has 0 heterocycles. The third-order valence-electron chi connectivity index (χ3n) is 5.01. The van der Waals surface area contributed by atoms with Crippen molar-refractivity contribution < 1.29 is 0 Å². The molecule has 1 heteroatoms. The van der Waals surface area contributed by atoms with Gasteiger partial charge >= 0.3 is 137 Å². The molecule has 0 radical (unpaired) electrons. The number of hydrogen-bond donors (Lipinski definition) is 0. The van der Waals surface area contributed by atoms with Crippen molar-refractivity contribution in [2.75, 3.05) is 24.6 Å². The molecule has 0 bridgehead atoms. The molecule has 0 atom stereocenters. The summed E-state index contributed by atoms with van der Waals surface area (Å²) >= 11 is 0. The van der Waals surface area contributed by atoms with Gasteiger partial charge in [-0.25, -0.2) is 0 Å². The summed E-state index contributed by atoms with van der Waals surface area (Å²) in [7, 11) is -1.05. The molecule has 130 valence electrons. The van der Waals surface area contributed by atoms with Crippen LogP contribution in [0.15, 0.2) is 0 Å². The Morgan fingerprint density at radius 1 is 0.429 bits per heavy atom. The van der Waals surface area contributed by atoms with Crippen molar-refractivity contribution in [3.63, 3.8) is 0 Å². The maximum atomic E-state index is 2.41. The zero-order valence-corrected chi connectivity index (χ0v) is 17.5. The van der Waals surface area contributed by atoms with Gasteiger partial charge in [0.1, 0.15) is 0 Å². The molecular weight excluding hydrogens is 271 g/mol. The fourth-order valence-corrected chi connectivity index (χ4v) is 9.39. The summed E-state index contributed by atoms with van der Waals surface area (Å²) in [5, 5.41) is 0. The molecule has 0 N–H and O–H groups in total. The van der Waals surface area contributed by atoms with Gasteiger partial charge in [-0.05, 0) is 0 Å². The molecular formula is C20H45P. The first kappa shape index (κ1) is 21.4. The Hall–Kier alpha value is 0.430. The zero-order valence-electron chi connectivity index (χ0n) is 16.5. The average molecular weight is 317 g/mol. The summed E-state index contributed by atoms with van der Waals surface area (Å²) in [5.41, 5.74) is 0. The van der Waals surface area contributed by atoms with Gasteiger partial charge in [-0.1, -0.05) is 0 Å². The third kappa shape index (κ3) is 11.6. The minimum atomic E-state index is -1.05. The summed E-state index contributed by atoms with van der Waals surface area (Å²) in [5.74, 6) is 3.53. The van der Waals surface area contributed by atoms with E-state index in [0.29, 0.717) is 0 Å². The van der Waals surface area contributed by atoms with Gasteiger partial charge in [0.2, 0.25) is 0 Å². The third-order valence-corrected chi connectivity index (χ3v) is 10.4. The van der Waals surface area contributed by atoms with Crippen LogP contribution >= 0.6 is 7.26 Å². The zero-order chi connectivity index (χ0) is 16.5. The molecule has 0 aliphatic heterocycles. The molecule has 0 amide bonds. The van der Waals surface area contributed by atoms with Gasteiger partial charge in [0, 0.05) is 0 Å². The first-order valence-electron chi connectivity index (χ1n) is 9.67. The van der Waals surface area contributed by atoms with Crippen LogP contribution in [0.25, 0.3) is 0 Å². The summed E-state index contributed by atoms with van der Waals surface area (Å²) in [6.45, 7) is 19.3. The summed E-state index contributed by atoms with van der Waals surface area (Å²) in [4.78, 5) is 0. The molecule has 0 aromatic heterocycles. The average Bonchev–Trinajstić information content (AvgIpc) is 2.36. The Morgan fingerprint density at radius 3 is 0.762 bits per heavy atom. The van der Waals surface area contributed by atoms with Crippen LogP contribution in [0.3, 0.4) is 0 Å². The Morgan fingerprint density at radius 2 is 0.619 bits per heavy atom. The van der Waals surface area contributed by atoms with Crippen LogP contribution in [0, 0.1) is 23.7 Å². The summed E-state index contributed by atoms with van der Waals surface area (Å²) < 4.78 is 0. The van der Waals surface area contributed by atoms with E-state index in [9.17, 15) is 0 Å². The normalized spacial score (nSPS) is 13.9. The van der Waals surface area contributed by atoms with Crippen LogP contribution in [0.4, 0.5) is 0 Å². The van der Waals surface area contributed by atoms with Crippen LogP contribution in [-0.4, -0.2) is 24.6 Å². The molecule has 0 saturated heterocycles. The van der Waals surface area contributed by atoms with Crippen LogP contribution in [0.2, 0.25) is 0 Å². The van der Waals surface area contributed by atoms with Crippen molar-refractivity contribution in [3.05, 3.63) is 0 Å². The molecule has 0 spiro atoms. The van der Waals surface area contributed by atoms with E-state index in [-0.39, 0.29) is 0 Å². The van der Waals surface area contributed by atoms with Gasteiger partial charge < -0.3 is 0 Å². The monoisotopic (exact) mass is 316 g/mol. The second kappa shape index (κ2) is 11.0. The van der Waals surface area contributed by atoms with Crippen molar-refractivity contribution in [2.45, 2.75) is 81.1 Å². The topological polar surface area (TPSA) is 0 Å². The van der Waals surface area contributed by atoms with Crippen molar-refractivity contribution in [1.29, 1.82) is 0 Å². The fourth-order valence-electron chi connectivity index (χ4n) is 3.13. The van der Waals surface area contributed by atoms with E-state index in [1.807, 2.05) is 0 Å². The predicted molar refractivity (Wildman–Crippen MR) is 106 cm³/mol. The van der Waals surface area contributed by atoms with E-state index in [0.717, 1.165) is 23.7 Å². The van der Waals surface area contributed by atoms with Crippen LogP contribution < -0.4 is 0 Å². The quantitative estimate of drug-likeness (QED) is 0.343. The van der Waals surface area contributed by atoms with Gasteiger partial charge in [0.25, 0.3) is 0 Å². The van der Waals surface area contributed by atoms with Crippen molar-refractivity contribution in [1.82, 2.24) is 0 Å². The Bertz CT molecular complexity index is 187. The fraction of sp³-hybridized carbons (Fsp3) is 1.00. The SMILES string of the molecule is CC(C)CC[PH](CCC(C)C)(CCC(C)C)CCC(C)C. The predicted octanol–water partition coefficient (Wildman–Crippen LogP) is 6.92. The minimum absolute atomic E-state index is 0.883. The van der Waals surface area contributed by atoms with Gasteiger partial charge in [-0.15, -0.1) is 0 Å². The van der Waals surface area contributed by atoms with E-state index >= 15 is 0 Å². The van der Waals surface area contributed by atoms with Crippen LogP contribution in [-0.2, 0) is 0 Å². The molecule has 0 fully saturated rings. The summed E-state index contributed by atoms with van der Waals surface area (Å²) in [6.07, 6.45) is 12.3. The van der Waals surface area contributed by atoms with Crippen molar-refractivity contribution in [3.8, 4) is 0 Å². The first-order chi connectivity index (χ1) is 9.67. The Balaban J connectivity index is 4.85. The van der Waals surface area contributed by atoms with E-state index in [2.05, 4.69) is 55.4 Å². The number of rotatable bonds is 12. The Kier molecular flexibility index (Phi) is 11.3. The molecule has 21 heavy (non-hydrogen) atoms. The van der Waals surface area contributed by atoms with Crippen LogP contribution in [0.5, 0.6) is 0 Å². The second-order valence-electron chi connectivity index (χ2n) is 9.23. The standard InChI is InChI=1S/C20H45P/c1-17(2)9-13-21(14-10-18(3)4,15-11-19(5)6)16-12-20(7)8/h17-21H,9-16H2,1-8H3. The Labute approximate surface area is 137 Å². The molecule has 0 rings (SSSR count). The van der Waals surface area contributed by atoms with Gasteiger partial charge in [0.05, 0.1) is 0 Å². The van der Waals surface area contributed by atoms with Crippen LogP contribution in [0.1, 0.15) is 81.1 Å². The van der Waals surface area contributed by atoms with E-state index in [1.54, 1.807) is 24.6 Å². The summed E-state index contributed by atoms with van der Waals surface area (Å²) in [6, 6.07) is 0.